The van der Waals surface area contributed by atoms with Crippen LogP contribution in [0, 0.1) is 0 Å². The molecule has 1 atom stereocenters. The van der Waals surface area contributed by atoms with Crippen LogP contribution >= 0.6 is 0 Å². The molecule has 5 rings (SSSR count). The van der Waals surface area contributed by atoms with E-state index >= 15 is 0 Å². The number of ether oxygens (including phenoxy) is 1. The van der Waals surface area contributed by atoms with Gasteiger partial charge in [0.25, 0.3) is 5.91 Å². The molecule has 1 saturated carbocycles. The maximum atomic E-state index is 13.3. The van der Waals surface area contributed by atoms with Crippen molar-refractivity contribution >= 4 is 33.3 Å². The van der Waals surface area contributed by atoms with Crippen LogP contribution in [0.3, 0.4) is 0 Å². The second-order valence-electron chi connectivity index (χ2n) is 10.2. The van der Waals surface area contributed by atoms with Gasteiger partial charge in [-0.25, -0.2) is 22.9 Å². The summed E-state index contributed by atoms with van der Waals surface area (Å²) in [5.74, 6) is -0.331. The fraction of sp³-hybridized carbons (Fsp3) is 0.609. The van der Waals surface area contributed by atoms with Crippen LogP contribution in [-0.2, 0) is 14.8 Å². The monoisotopic (exact) mass is 519 g/mol. The molecule has 0 radical (unpaired) electrons. The van der Waals surface area contributed by atoms with Crippen molar-refractivity contribution in [1.29, 1.82) is 0 Å². The van der Waals surface area contributed by atoms with E-state index in [1.807, 2.05) is 11.8 Å². The van der Waals surface area contributed by atoms with Gasteiger partial charge in [0.1, 0.15) is 10.6 Å². The van der Waals surface area contributed by atoms with Gasteiger partial charge < -0.3 is 24.8 Å². The molecule has 2 aromatic heterocycles. The number of nitrogens with zero attached hydrogens (tertiary/aromatic N) is 5. The zero-order chi connectivity index (χ0) is 25.7. The Bertz CT molecular complexity index is 1270. The van der Waals surface area contributed by atoms with E-state index in [4.69, 9.17) is 4.74 Å². The van der Waals surface area contributed by atoms with E-state index in [2.05, 4.69) is 15.0 Å². The summed E-state index contributed by atoms with van der Waals surface area (Å²) in [6.45, 7) is 4.93. The van der Waals surface area contributed by atoms with Crippen LogP contribution in [0.15, 0.2) is 23.4 Å². The second-order valence-corrected chi connectivity index (χ2v) is 11.9. The van der Waals surface area contributed by atoms with E-state index in [1.54, 1.807) is 34.4 Å². The largest absolute Gasteiger partial charge is 0.379 e. The van der Waals surface area contributed by atoms with Crippen LogP contribution in [0.25, 0.3) is 5.65 Å². The van der Waals surface area contributed by atoms with E-state index in [9.17, 15) is 18.0 Å². The van der Waals surface area contributed by atoms with E-state index in [0.29, 0.717) is 50.7 Å². The van der Waals surface area contributed by atoms with E-state index in [-0.39, 0.29) is 28.6 Å². The number of amides is 3. The molecule has 1 aliphatic carbocycles. The lowest BCUT2D eigenvalue weighted by Crippen LogP contribution is -2.51. The third-order valence-corrected chi connectivity index (χ3v) is 8.63. The molecule has 4 heterocycles. The number of rotatable bonds is 6. The topological polar surface area (TPSA) is 129 Å². The number of fused-ring (bicyclic) bond motifs is 1. The number of imidazole rings is 1. The number of aromatic nitrogens is 2. The third-order valence-electron chi connectivity index (χ3n) is 7.02. The predicted octanol–water partition coefficient (Wildman–Crippen LogP) is 0.487. The Morgan fingerprint density at radius 2 is 1.92 bits per heavy atom. The first-order valence-corrected chi connectivity index (χ1v) is 13.7. The van der Waals surface area contributed by atoms with Crippen LogP contribution in [0.1, 0.15) is 36.7 Å². The van der Waals surface area contributed by atoms with Gasteiger partial charge in [-0.3, -0.25) is 9.20 Å². The Morgan fingerprint density at radius 1 is 1.19 bits per heavy atom. The number of sulfonamides is 1. The van der Waals surface area contributed by atoms with Gasteiger partial charge in [0, 0.05) is 58.6 Å². The van der Waals surface area contributed by atoms with Gasteiger partial charge in [-0.15, -0.1) is 0 Å². The molecular weight excluding hydrogens is 486 g/mol. The van der Waals surface area contributed by atoms with Crippen molar-refractivity contribution in [2.24, 2.45) is 0 Å². The van der Waals surface area contributed by atoms with Crippen molar-refractivity contribution in [2.45, 2.75) is 42.7 Å². The number of anilines is 1. The molecule has 0 spiro atoms. The average molecular weight is 520 g/mol. The van der Waals surface area contributed by atoms with Crippen molar-refractivity contribution in [3.05, 3.63) is 24.2 Å². The molecule has 2 N–H and O–H groups in total. The van der Waals surface area contributed by atoms with Gasteiger partial charge in [-0.05, 0) is 32.3 Å². The van der Waals surface area contributed by atoms with Gasteiger partial charge in [0.2, 0.25) is 10.0 Å². The summed E-state index contributed by atoms with van der Waals surface area (Å²) in [4.78, 5) is 35.4. The van der Waals surface area contributed by atoms with Gasteiger partial charge in [0.05, 0.1) is 24.5 Å². The van der Waals surface area contributed by atoms with Crippen molar-refractivity contribution in [3.63, 3.8) is 0 Å². The number of urea groups is 1. The lowest BCUT2D eigenvalue weighted by molar-refractivity contribution is 0.0924. The number of hydrogen-bond acceptors (Lipinski definition) is 7. The zero-order valence-corrected chi connectivity index (χ0v) is 21.7. The summed E-state index contributed by atoms with van der Waals surface area (Å²) in [6.07, 6.45) is 5.23. The summed E-state index contributed by atoms with van der Waals surface area (Å²) in [6, 6.07) is 1.47. The van der Waals surface area contributed by atoms with Gasteiger partial charge >= 0.3 is 6.03 Å². The first-order chi connectivity index (χ1) is 17.1. The van der Waals surface area contributed by atoms with Crippen LogP contribution in [0.4, 0.5) is 10.5 Å². The number of pyridine rings is 1. The molecule has 3 aliphatic rings. The van der Waals surface area contributed by atoms with Crippen molar-refractivity contribution in [2.75, 3.05) is 58.4 Å². The van der Waals surface area contributed by atoms with Crippen LogP contribution < -0.4 is 14.9 Å². The van der Waals surface area contributed by atoms with Crippen LogP contribution in [0.2, 0.25) is 0 Å². The lowest BCUT2D eigenvalue weighted by atomic mass is 10.2. The normalized spacial score (nSPS) is 21.6. The Morgan fingerprint density at radius 3 is 2.53 bits per heavy atom. The van der Waals surface area contributed by atoms with E-state index < -0.39 is 15.6 Å². The molecule has 196 valence electrons. The third kappa shape index (κ3) is 4.87. The number of nitrogens with one attached hydrogen (secondary N) is 2. The molecule has 3 amide bonds. The minimum atomic E-state index is -3.83. The SMILES string of the molecule is CN(C)C(=O)N1CCN(c2cc(S(=O)(=O)NC3(C)CC3)cn3c(C(=O)NC4CCOC4)cnc23)CC1. The first-order valence-electron chi connectivity index (χ1n) is 12.2. The van der Waals surface area contributed by atoms with Crippen LogP contribution in [-0.4, -0.2) is 105 Å². The molecule has 0 aromatic carbocycles. The second kappa shape index (κ2) is 9.20. The summed E-state index contributed by atoms with van der Waals surface area (Å²) < 4.78 is 36.4. The standard InChI is InChI=1S/C23H33N7O5S/c1-23(5-6-23)26-36(33,34)17-12-18(28-7-9-29(10-8-28)22(32)27(2)3)20-24-13-19(30(20)14-17)21(31)25-16-4-11-35-15-16/h12-14,16,26H,4-11,15H2,1-3H3,(H,25,31). The molecule has 0 bridgehead atoms. The highest BCUT2D eigenvalue weighted by molar-refractivity contribution is 7.89. The smallest absolute Gasteiger partial charge is 0.319 e. The van der Waals surface area contributed by atoms with Crippen molar-refractivity contribution in [3.8, 4) is 0 Å². The summed E-state index contributed by atoms with van der Waals surface area (Å²) in [5, 5.41) is 2.96. The Hall–Kier alpha value is -2.90. The molecule has 3 fully saturated rings. The molecule has 13 heteroatoms. The molecule has 36 heavy (non-hydrogen) atoms. The highest BCUT2D eigenvalue weighted by Gasteiger charge is 2.41. The van der Waals surface area contributed by atoms with E-state index in [0.717, 1.165) is 19.3 Å². The lowest BCUT2D eigenvalue weighted by Gasteiger charge is -2.37. The van der Waals surface area contributed by atoms with Gasteiger partial charge in [-0.1, -0.05) is 0 Å². The zero-order valence-electron chi connectivity index (χ0n) is 20.9. The van der Waals surface area contributed by atoms with Crippen molar-refractivity contribution in [1.82, 2.24) is 29.2 Å². The number of carbonyl (C=O) groups is 2. The Balaban J connectivity index is 1.50. The summed E-state index contributed by atoms with van der Waals surface area (Å²) in [5.41, 5.74) is 0.920. The fourth-order valence-electron chi connectivity index (χ4n) is 4.59. The minimum Gasteiger partial charge on any atom is -0.379 e. The molecular formula is C23H33N7O5S. The van der Waals surface area contributed by atoms with Gasteiger partial charge in [-0.2, -0.15) is 0 Å². The molecule has 1 unspecified atom stereocenters. The molecule has 12 nitrogen and oxygen atoms in total. The maximum Gasteiger partial charge on any atom is 0.319 e. The minimum absolute atomic E-state index is 0.0614. The van der Waals surface area contributed by atoms with E-state index in [1.165, 1.54) is 12.4 Å². The molecule has 2 saturated heterocycles. The number of piperazine rings is 1. The number of hydrogen-bond donors (Lipinski definition) is 2. The maximum absolute atomic E-state index is 13.3. The Kier molecular flexibility index (Phi) is 6.33. The first kappa shape index (κ1) is 24.8. The quantitative estimate of drug-likeness (QED) is 0.568. The summed E-state index contributed by atoms with van der Waals surface area (Å²) >= 11 is 0. The van der Waals surface area contributed by atoms with Crippen LogP contribution in [0.5, 0.6) is 0 Å². The highest BCUT2D eigenvalue weighted by atomic mass is 32.2. The Labute approximate surface area is 210 Å². The molecule has 2 aliphatic heterocycles. The number of carbonyl (C=O) groups excluding carboxylic acids is 2. The van der Waals surface area contributed by atoms with Gasteiger partial charge in [0.15, 0.2) is 5.65 Å². The average Bonchev–Trinajstić information content (AvgIpc) is 3.21. The highest BCUT2D eigenvalue weighted by Crippen LogP contribution is 2.36. The molecule has 2 aromatic rings. The summed E-state index contributed by atoms with van der Waals surface area (Å²) in [7, 11) is -0.400. The fourth-order valence-corrected chi connectivity index (χ4v) is 6.08. The van der Waals surface area contributed by atoms with Crippen molar-refractivity contribution < 1.29 is 22.7 Å². The predicted molar refractivity (Wildman–Crippen MR) is 133 cm³/mol.